The molecule has 0 spiro atoms. The average Bonchev–Trinajstić information content (AvgIpc) is 3.37. The van der Waals surface area contributed by atoms with Crippen molar-refractivity contribution >= 4 is 5.97 Å². The molecule has 1 aliphatic rings. The fraction of sp³-hybridized carbons (Fsp3) is 0.550. The van der Waals surface area contributed by atoms with Crippen LogP contribution in [0.5, 0.6) is 0 Å². The minimum absolute atomic E-state index is 0.182. The Kier molecular flexibility index (Phi) is 5.84. The molecule has 0 saturated heterocycles. The second-order valence-corrected chi connectivity index (χ2v) is 7.21. The number of aryl methyl sites for hydroxylation is 2. The van der Waals surface area contributed by atoms with Gasteiger partial charge in [0.1, 0.15) is 18.3 Å². The molecule has 3 rings (SSSR count). The van der Waals surface area contributed by atoms with Crippen LogP contribution in [-0.2, 0) is 29.0 Å². The lowest BCUT2D eigenvalue weighted by molar-refractivity contribution is -0.144. The lowest BCUT2D eigenvalue weighted by Crippen LogP contribution is -2.11. The van der Waals surface area contributed by atoms with Gasteiger partial charge in [0.2, 0.25) is 0 Å². The summed E-state index contributed by atoms with van der Waals surface area (Å²) >= 11 is 0. The Morgan fingerprint density at radius 2 is 1.84 bits per heavy atom. The number of nitrogens with zero attached hydrogens (tertiary/aromatic N) is 3. The van der Waals surface area contributed by atoms with Crippen molar-refractivity contribution in [1.82, 2.24) is 14.8 Å². The van der Waals surface area contributed by atoms with Crippen molar-refractivity contribution in [1.29, 1.82) is 0 Å². The summed E-state index contributed by atoms with van der Waals surface area (Å²) in [6.45, 7) is 4.78. The van der Waals surface area contributed by atoms with Gasteiger partial charge in [-0.3, -0.25) is 4.79 Å². The van der Waals surface area contributed by atoms with Crippen molar-refractivity contribution in [3.8, 4) is 0 Å². The van der Waals surface area contributed by atoms with Crippen LogP contribution in [0.1, 0.15) is 62.8 Å². The van der Waals surface area contributed by atoms with E-state index in [1.807, 2.05) is 30.3 Å². The van der Waals surface area contributed by atoms with Gasteiger partial charge < -0.3 is 9.30 Å². The first kappa shape index (κ1) is 17.6. The highest BCUT2D eigenvalue weighted by Gasteiger charge is 2.29. The summed E-state index contributed by atoms with van der Waals surface area (Å²) in [6, 6.07) is 10.3. The molecule has 1 heterocycles. The Hall–Kier alpha value is -2.17. The molecule has 25 heavy (non-hydrogen) atoms. The number of carbonyl (C=O) groups excluding carboxylic acids is 1. The molecule has 0 atom stereocenters. The summed E-state index contributed by atoms with van der Waals surface area (Å²) in [4.78, 5) is 12.0. The molecule has 0 amide bonds. The fourth-order valence-corrected chi connectivity index (χ4v) is 2.90. The summed E-state index contributed by atoms with van der Waals surface area (Å²) in [7, 11) is 0. The van der Waals surface area contributed by atoms with E-state index < -0.39 is 0 Å². The third-order valence-electron chi connectivity index (χ3n) is 4.49. The fourth-order valence-electron chi connectivity index (χ4n) is 2.90. The maximum Gasteiger partial charge on any atom is 0.306 e. The van der Waals surface area contributed by atoms with Gasteiger partial charge in [-0.15, -0.1) is 10.2 Å². The summed E-state index contributed by atoms with van der Waals surface area (Å²) in [6.07, 6.45) is 5.40. The normalized spacial score (nSPS) is 14.0. The number of esters is 1. The van der Waals surface area contributed by atoms with Gasteiger partial charge in [-0.25, -0.2) is 0 Å². The van der Waals surface area contributed by atoms with Crippen molar-refractivity contribution in [3.63, 3.8) is 0 Å². The molecule has 5 nitrogen and oxygen atoms in total. The highest BCUT2D eigenvalue weighted by molar-refractivity contribution is 5.69. The lowest BCUT2D eigenvalue weighted by Gasteiger charge is -2.10. The number of hydrogen-bond donors (Lipinski definition) is 0. The summed E-state index contributed by atoms with van der Waals surface area (Å²) < 4.78 is 7.63. The zero-order valence-electron chi connectivity index (χ0n) is 15.1. The minimum Gasteiger partial charge on any atom is -0.461 e. The van der Waals surface area contributed by atoms with E-state index in [0.29, 0.717) is 31.4 Å². The largest absolute Gasteiger partial charge is 0.461 e. The number of aromatic nitrogens is 3. The van der Waals surface area contributed by atoms with Gasteiger partial charge in [0.05, 0.1) is 6.42 Å². The predicted molar refractivity (Wildman–Crippen MR) is 96.0 cm³/mol. The van der Waals surface area contributed by atoms with E-state index in [9.17, 15) is 4.79 Å². The molecule has 1 saturated carbocycles. The van der Waals surface area contributed by atoms with Gasteiger partial charge in [0, 0.05) is 18.9 Å². The van der Waals surface area contributed by atoms with Gasteiger partial charge in [-0.2, -0.15) is 0 Å². The number of rotatable bonds is 9. The topological polar surface area (TPSA) is 57.0 Å². The first-order valence-electron chi connectivity index (χ1n) is 9.25. The van der Waals surface area contributed by atoms with Gasteiger partial charge in [-0.1, -0.05) is 44.2 Å². The average molecular weight is 341 g/mol. The van der Waals surface area contributed by atoms with Crippen molar-refractivity contribution in [2.75, 3.05) is 0 Å². The van der Waals surface area contributed by atoms with Crippen molar-refractivity contribution in [3.05, 3.63) is 47.5 Å². The Balaban J connectivity index is 1.53. The smallest absolute Gasteiger partial charge is 0.306 e. The highest BCUT2D eigenvalue weighted by Crippen LogP contribution is 2.37. The Bertz CT molecular complexity index is 690. The molecule has 1 fully saturated rings. The standard InChI is InChI=1S/C20H27N3O2/c1-15(2)8-11-18-21-22-19(23(18)17-9-10-17)12-13-20(24)25-14-16-6-4-3-5-7-16/h3-7,15,17H,8-14H2,1-2H3. The van der Waals surface area contributed by atoms with E-state index in [-0.39, 0.29) is 5.97 Å². The van der Waals surface area contributed by atoms with E-state index in [1.54, 1.807) is 0 Å². The summed E-state index contributed by atoms with van der Waals surface area (Å²) in [5.74, 6) is 2.47. The first-order valence-corrected chi connectivity index (χ1v) is 9.25. The SMILES string of the molecule is CC(C)CCc1nnc(CCC(=O)OCc2ccccc2)n1C1CC1. The van der Waals surface area contributed by atoms with Crippen LogP contribution in [0.2, 0.25) is 0 Å². The zero-order valence-corrected chi connectivity index (χ0v) is 15.1. The molecular weight excluding hydrogens is 314 g/mol. The van der Waals surface area contributed by atoms with Crippen molar-refractivity contribution in [2.45, 2.75) is 65.0 Å². The van der Waals surface area contributed by atoms with E-state index in [2.05, 4.69) is 28.6 Å². The molecular formula is C20H27N3O2. The monoisotopic (exact) mass is 341 g/mol. The van der Waals surface area contributed by atoms with Gasteiger partial charge in [-0.05, 0) is 30.7 Å². The predicted octanol–water partition coefficient (Wildman–Crippen LogP) is 3.88. The van der Waals surface area contributed by atoms with E-state index in [1.165, 1.54) is 12.8 Å². The Morgan fingerprint density at radius 3 is 2.48 bits per heavy atom. The molecule has 5 heteroatoms. The highest BCUT2D eigenvalue weighted by atomic mass is 16.5. The number of carbonyl (C=O) groups is 1. The maximum absolute atomic E-state index is 12.0. The number of hydrogen-bond acceptors (Lipinski definition) is 4. The molecule has 134 valence electrons. The third kappa shape index (κ3) is 5.15. The van der Waals surface area contributed by atoms with Gasteiger partial charge in [0.25, 0.3) is 0 Å². The first-order chi connectivity index (χ1) is 12.1. The summed E-state index contributed by atoms with van der Waals surface area (Å²) in [5, 5.41) is 8.73. The van der Waals surface area contributed by atoms with Crippen LogP contribution in [0.4, 0.5) is 0 Å². The van der Waals surface area contributed by atoms with Crippen molar-refractivity contribution < 1.29 is 9.53 Å². The molecule has 0 radical (unpaired) electrons. The molecule has 2 aromatic rings. The Morgan fingerprint density at radius 1 is 1.16 bits per heavy atom. The van der Waals surface area contributed by atoms with Gasteiger partial charge >= 0.3 is 5.97 Å². The van der Waals surface area contributed by atoms with E-state index in [0.717, 1.165) is 30.1 Å². The minimum atomic E-state index is -0.182. The maximum atomic E-state index is 12.0. The van der Waals surface area contributed by atoms with Crippen LogP contribution < -0.4 is 0 Å². The molecule has 0 aliphatic heterocycles. The van der Waals surface area contributed by atoms with Gasteiger partial charge in [0.15, 0.2) is 0 Å². The number of ether oxygens (including phenoxy) is 1. The zero-order chi connectivity index (χ0) is 17.6. The van der Waals surface area contributed by atoms with Crippen LogP contribution in [0, 0.1) is 5.92 Å². The van der Waals surface area contributed by atoms with Crippen LogP contribution >= 0.6 is 0 Å². The molecule has 0 unspecified atom stereocenters. The molecule has 0 N–H and O–H groups in total. The second kappa shape index (κ2) is 8.28. The molecule has 1 aromatic heterocycles. The van der Waals surface area contributed by atoms with E-state index in [4.69, 9.17) is 4.74 Å². The Labute approximate surface area is 149 Å². The third-order valence-corrected chi connectivity index (χ3v) is 4.49. The molecule has 1 aromatic carbocycles. The quantitative estimate of drug-likeness (QED) is 0.650. The molecule has 0 bridgehead atoms. The van der Waals surface area contributed by atoms with Crippen LogP contribution in [0.3, 0.4) is 0 Å². The number of benzene rings is 1. The van der Waals surface area contributed by atoms with Crippen LogP contribution in [0.15, 0.2) is 30.3 Å². The van der Waals surface area contributed by atoms with E-state index >= 15 is 0 Å². The van der Waals surface area contributed by atoms with Crippen LogP contribution in [0.25, 0.3) is 0 Å². The van der Waals surface area contributed by atoms with Crippen molar-refractivity contribution in [2.24, 2.45) is 5.92 Å². The lowest BCUT2D eigenvalue weighted by atomic mass is 10.1. The van der Waals surface area contributed by atoms with Crippen LogP contribution in [-0.4, -0.2) is 20.7 Å². The second-order valence-electron chi connectivity index (χ2n) is 7.21. The molecule has 1 aliphatic carbocycles. The summed E-state index contributed by atoms with van der Waals surface area (Å²) in [5.41, 5.74) is 1.01.